The molecule has 0 bridgehead atoms. The number of rotatable bonds is 2. The van der Waals surface area contributed by atoms with E-state index in [-0.39, 0.29) is 18.9 Å². The molecular formula is C10H11NO5. The van der Waals surface area contributed by atoms with Crippen LogP contribution in [0, 0.1) is 10.1 Å². The Kier molecular flexibility index (Phi) is 3.14. The fourth-order valence-electron chi connectivity index (χ4n) is 1.47. The molecule has 1 aromatic carbocycles. The van der Waals surface area contributed by atoms with E-state index in [2.05, 4.69) is 0 Å². The molecule has 16 heavy (non-hydrogen) atoms. The summed E-state index contributed by atoms with van der Waals surface area (Å²) in [4.78, 5) is 10.1. The molecule has 0 atom stereocenters. The summed E-state index contributed by atoms with van der Waals surface area (Å²) in [6, 6.07) is 6.07. The number of benzene rings is 1. The Bertz CT molecular complexity index is 387. The summed E-state index contributed by atoms with van der Waals surface area (Å²) >= 11 is 0. The van der Waals surface area contributed by atoms with Crippen LogP contribution in [0.2, 0.25) is 0 Å². The lowest BCUT2D eigenvalue weighted by molar-refractivity contribution is -0.385. The maximum atomic E-state index is 10.6. The SMILES string of the molecule is O=[N+]([O-])c1cccc(C2OCC(O)CO2)c1. The molecule has 0 unspecified atom stereocenters. The Hall–Kier alpha value is -1.50. The lowest BCUT2D eigenvalue weighted by Gasteiger charge is -2.26. The number of nitro benzene ring substituents is 1. The van der Waals surface area contributed by atoms with Crippen molar-refractivity contribution in [1.29, 1.82) is 0 Å². The molecule has 0 spiro atoms. The second-order valence-corrected chi connectivity index (χ2v) is 3.50. The zero-order chi connectivity index (χ0) is 11.5. The van der Waals surface area contributed by atoms with E-state index in [0.29, 0.717) is 5.56 Å². The normalized spacial score (nSPS) is 25.3. The minimum Gasteiger partial charge on any atom is -0.388 e. The smallest absolute Gasteiger partial charge is 0.269 e. The lowest BCUT2D eigenvalue weighted by atomic mass is 10.2. The first-order valence-corrected chi connectivity index (χ1v) is 4.82. The van der Waals surface area contributed by atoms with Crippen LogP contribution in [0.3, 0.4) is 0 Å². The number of nitro groups is 1. The Morgan fingerprint density at radius 3 is 2.69 bits per heavy atom. The van der Waals surface area contributed by atoms with Crippen LogP contribution in [0.4, 0.5) is 5.69 Å². The van der Waals surface area contributed by atoms with Gasteiger partial charge in [-0.1, -0.05) is 12.1 Å². The van der Waals surface area contributed by atoms with Crippen molar-refractivity contribution in [2.45, 2.75) is 12.4 Å². The standard InChI is InChI=1S/C10H11NO5/c12-9-5-15-10(16-6-9)7-2-1-3-8(4-7)11(13)14/h1-4,9-10,12H,5-6H2. The van der Waals surface area contributed by atoms with Crippen molar-refractivity contribution >= 4 is 5.69 Å². The Balaban J connectivity index is 2.14. The van der Waals surface area contributed by atoms with Crippen LogP contribution in [0.1, 0.15) is 11.9 Å². The molecular weight excluding hydrogens is 214 g/mol. The predicted octanol–water partition coefficient (Wildman–Crippen LogP) is 1.00. The van der Waals surface area contributed by atoms with Gasteiger partial charge < -0.3 is 14.6 Å². The first-order valence-electron chi connectivity index (χ1n) is 4.82. The van der Waals surface area contributed by atoms with E-state index in [1.165, 1.54) is 12.1 Å². The van der Waals surface area contributed by atoms with E-state index < -0.39 is 17.3 Å². The fourth-order valence-corrected chi connectivity index (χ4v) is 1.47. The number of nitrogens with zero attached hydrogens (tertiary/aromatic N) is 1. The van der Waals surface area contributed by atoms with Crippen molar-refractivity contribution in [2.24, 2.45) is 0 Å². The third kappa shape index (κ3) is 2.35. The Morgan fingerprint density at radius 2 is 2.06 bits per heavy atom. The second kappa shape index (κ2) is 4.56. The first-order chi connectivity index (χ1) is 7.66. The molecule has 0 saturated carbocycles. The van der Waals surface area contributed by atoms with Gasteiger partial charge in [0.05, 0.1) is 18.1 Å². The highest BCUT2D eigenvalue weighted by Gasteiger charge is 2.23. The van der Waals surface area contributed by atoms with Crippen LogP contribution in [0.15, 0.2) is 24.3 Å². The van der Waals surface area contributed by atoms with Gasteiger partial charge in [0.25, 0.3) is 5.69 Å². The first kappa shape index (κ1) is 11.0. The molecule has 1 aliphatic heterocycles. The van der Waals surface area contributed by atoms with E-state index in [9.17, 15) is 10.1 Å². The van der Waals surface area contributed by atoms with Crippen molar-refractivity contribution in [1.82, 2.24) is 0 Å². The molecule has 0 aromatic heterocycles. The predicted molar refractivity (Wildman–Crippen MR) is 53.7 cm³/mol. The van der Waals surface area contributed by atoms with E-state index in [0.717, 1.165) is 0 Å². The number of hydrogen-bond acceptors (Lipinski definition) is 5. The van der Waals surface area contributed by atoms with Gasteiger partial charge in [-0.3, -0.25) is 10.1 Å². The van der Waals surface area contributed by atoms with Crippen LogP contribution in [0.5, 0.6) is 0 Å². The van der Waals surface area contributed by atoms with Crippen LogP contribution in [-0.2, 0) is 9.47 Å². The van der Waals surface area contributed by atoms with E-state index in [1.54, 1.807) is 12.1 Å². The van der Waals surface area contributed by atoms with E-state index in [4.69, 9.17) is 14.6 Å². The Labute approximate surface area is 91.6 Å². The molecule has 1 aromatic rings. The highest BCUT2D eigenvalue weighted by atomic mass is 16.7. The third-order valence-electron chi connectivity index (χ3n) is 2.23. The summed E-state index contributed by atoms with van der Waals surface area (Å²) in [6.07, 6.45) is -1.27. The van der Waals surface area contributed by atoms with Gasteiger partial charge in [-0.15, -0.1) is 0 Å². The van der Waals surface area contributed by atoms with Gasteiger partial charge in [-0.25, -0.2) is 0 Å². The molecule has 1 heterocycles. The van der Waals surface area contributed by atoms with Crippen molar-refractivity contribution in [3.8, 4) is 0 Å². The van der Waals surface area contributed by atoms with Crippen LogP contribution < -0.4 is 0 Å². The van der Waals surface area contributed by atoms with Crippen molar-refractivity contribution in [3.63, 3.8) is 0 Å². The van der Waals surface area contributed by atoms with E-state index >= 15 is 0 Å². The quantitative estimate of drug-likeness (QED) is 0.599. The molecule has 0 radical (unpaired) electrons. The zero-order valence-corrected chi connectivity index (χ0v) is 8.41. The molecule has 1 aliphatic rings. The van der Waals surface area contributed by atoms with Gasteiger partial charge in [0.15, 0.2) is 6.29 Å². The van der Waals surface area contributed by atoms with Gasteiger partial charge in [-0.05, 0) is 0 Å². The summed E-state index contributed by atoms with van der Waals surface area (Å²) in [5.74, 6) is 0. The highest BCUT2D eigenvalue weighted by molar-refractivity contribution is 5.34. The number of hydrogen-bond donors (Lipinski definition) is 1. The molecule has 0 aliphatic carbocycles. The number of ether oxygens (including phenoxy) is 2. The monoisotopic (exact) mass is 225 g/mol. The largest absolute Gasteiger partial charge is 0.388 e. The van der Waals surface area contributed by atoms with E-state index in [1.807, 2.05) is 0 Å². The van der Waals surface area contributed by atoms with Crippen molar-refractivity contribution < 1.29 is 19.5 Å². The van der Waals surface area contributed by atoms with Crippen molar-refractivity contribution in [2.75, 3.05) is 13.2 Å². The molecule has 0 amide bonds. The Morgan fingerprint density at radius 1 is 1.38 bits per heavy atom. The molecule has 2 rings (SSSR count). The minimum atomic E-state index is -0.636. The van der Waals surface area contributed by atoms with Gasteiger partial charge in [0.2, 0.25) is 0 Å². The highest BCUT2D eigenvalue weighted by Crippen LogP contribution is 2.25. The summed E-state index contributed by atoms with van der Waals surface area (Å²) < 4.78 is 10.4. The maximum Gasteiger partial charge on any atom is 0.269 e. The summed E-state index contributed by atoms with van der Waals surface area (Å²) in [6.45, 7) is 0.348. The summed E-state index contributed by atoms with van der Waals surface area (Å²) in [5.41, 5.74) is 0.580. The van der Waals surface area contributed by atoms with Crippen LogP contribution in [-0.4, -0.2) is 29.3 Å². The minimum absolute atomic E-state index is 0.00387. The zero-order valence-electron chi connectivity index (χ0n) is 8.41. The number of non-ortho nitro benzene ring substituents is 1. The fraction of sp³-hybridized carbons (Fsp3) is 0.400. The van der Waals surface area contributed by atoms with Gasteiger partial charge in [0, 0.05) is 17.7 Å². The van der Waals surface area contributed by atoms with Crippen LogP contribution in [0.25, 0.3) is 0 Å². The lowest BCUT2D eigenvalue weighted by Crippen LogP contribution is -2.30. The molecule has 1 fully saturated rings. The molecule has 1 N–H and O–H groups in total. The molecule has 1 saturated heterocycles. The summed E-state index contributed by atoms with van der Waals surface area (Å²) in [5, 5.41) is 19.7. The van der Waals surface area contributed by atoms with Gasteiger partial charge in [-0.2, -0.15) is 0 Å². The third-order valence-corrected chi connectivity index (χ3v) is 2.23. The average molecular weight is 225 g/mol. The van der Waals surface area contributed by atoms with Gasteiger partial charge >= 0.3 is 0 Å². The molecule has 86 valence electrons. The number of aliphatic hydroxyl groups is 1. The topological polar surface area (TPSA) is 81.8 Å². The van der Waals surface area contributed by atoms with Crippen molar-refractivity contribution in [3.05, 3.63) is 39.9 Å². The van der Waals surface area contributed by atoms with Crippen LogP contribution >= 0.6 is 0 Å². The second-order valence-electron chi connectivity index (χ2n) is 3.50. The molecule has 6 heteroatoms. The summed E-state index contributed by atoms with van der Waals surface area (Å²) in [7, 11) is 0. The average Bonchev–Trinajstić information content (AvgIpc) is 2.30. The number of aliphatic hydroxyl groups excluding tert-OH is 1. The molecule has 6 nitrogen and oxygen atoms in total. The maximum absolute atomic E-state index is 10.6. The van der Waals surface area contributed by atoms with Gasteiger partial charge in [0.1, 0.15) is 6.10 Å².